The number of carbonyl (C=O) groups is 2. The second-order valence-electron chi connectivity index (χ2n) is 5.56. The van der Waals surface area contributed by atoms with Gasteiger partial charge in [-0.2, -0.15) is 0 Å². The van der Waals surface area contributed by atoms with Crippen LogP contribution < -0.4 is 5.32 Å². The van der Waals surface area contributed by atoms with E-state index in [9.17, 15) is 14.0 Å². The number of ether oxygens (including phenoxy) is 1. The Morgan fingerprint density at radius 2 is 1.88 bits per heavy atom. The zero-order valence-electron chi connectivity index (χ0n) is 14.0. The molecule has 0 heterocycles. The van der Waals surface area contributed by atoms with Gasteiger partial charge in [-0.05, 0) is 36.6 Å². The van der Waals surface area contributed by atoms with Gasteiger partial charge >= 0.3 is 5.97 Å². The molecule has 0 radical (unpaired) electrons. The molecule has 25 heavy (non-hydrogen) atoms. The largest absolute Gasteiger partial charge is 0.452 e. The van der Waals surface area contributed by atoms with Crippen LogP contribution in [0.3, 0.4) is 0 Å². The van der Waals surface area contributed by atoms with Gasteiger partial charge in [0.15, 0.2) is 6.61 Å². The van der Waals surface area contributed by atoms with Crippen molar-refractivity contribution in [1.82, 2.24) is 5.32 Å². The Labute approximate surface area is 150 Å². The Morgan fingerprint density at radius 3 is 2.48 bits per heavy atom. The standard InChI is InChI=1S/C19H19ClFNO3/c1-3-13-7-9-14(10-8-13)12(2)22-17(23)11-25-19(24)18-15(20)5-4-6-16(18)21/h4-10,12H,3,11H2,1-2H3,(H,22,23). The van der Waals surface area contributed by atoms with Crippen molar-refractivity contribution in [2.75, 3.05) is 6.61 Å². The summed E-state index contributed by atoms with van der Waals surface area (Å²) < 4.78 is 18.5. The molecule has 0 aliphatic carbocycles. The van der Waals surface area contributed by atoms with Crippen LogP contribution in [0.2, 0.25) is 5.02 Å². The number of hydrogen-bond acceptors (Lipinski definition) is 3. The number of rotatable bonds is 6. The number of esters is 1. The Morgan fingerprint density at radius 1 is 1.20 bits per heavy atom. The van der Waals surface area contributed by atoms with Crippen molar-refractivity contribution in [3.8, 4) is 0 Å². The molecule has 1 amide bonds. The van der Waals surface area contributed by atoms with E-state index in [1.807, 2.05) is 31.2 Å². The lowest BCUT2D eigenvalue weighted by molar-refractivity contribution is -0.124. The van der Waals surface area contributed by atoms with Crippen LogP contribution in [0, 0.1) is 5.82 Å². The maximum atomic E-state index is 13.6. The predicted octanol–water partition coefficient (Wildman–Crippen LogP) is 4.08. The second kappa shape index (κ2) is 8.62. The van der Waals surface area contributed by atoms with E-state index in [1.54, 1.807) is 0 Å². The van der Waals surface area contributed by atoms with Gasteiger partial charge in [0, 0.05) is 0 Å². The van der Waals surface area contributed by atoms with Crippen LogP contribution in [-0.2, 0) is 16.0 Å². The SMILES string of the molecule is CCc1ccc(C(C)NC(=O)COC(=O)c2c(F)cccc2Cl)cc1. The van der Waals surface area contributed by atoms with E-state index in [0.717, 1.165) is 18.1 Å². The van der Waals surface area contributed by atoms with Crippen LogP contribution in [0.15, 0.2) is 42.5 Å². The zero-order chi connectivity index (χ0) is 18.4. The topological polar surface area (TPSA) is 55.4 Å². The Bertz CT molecular complexity index is 742. The molecule has 0 saturated carbocycles. The lowest BCUT2D eigenvalue weighted by atomic mass is 10.1. The monoisotopic (exact) mass is 363 g/mol. The molecule has 4 nitrogen and oxygen atoms in total. The summed E-state index contributed by atoms with van der Waals surface area (Å²) in [4.78, 5) is 23.8. The molecule has 0 fully saturated rings. The fourth-order valence-corrected chi connectivity index (χ4v) is 2.54. The van der Waals surface area contributed by atoms with Crippen molar-refractivity contribution in [2.24, 2.45) is 0 Å². The molecule has 132 valence electrons. The quantitative estimate of drug-likeness (QED) is 0.787. The predicted molar refractivity (Wildman–Crippen MR) is 94.1 cm³/mol. The summed E-state index contributed by atoms with van der Waals surface area (Å²) in [5, 5.41) is 2.67. The molecule has 6 heteroatoms. The minimum absolute atomic E-state index is 0.0604. The maximum Gasteiger partial charge on any atom is 0.343 e. The lowest BCUT2D eigenvalue weighted by Crippen LogP contribution is -2.31. The summed E-state index contributed by atoms with van der Waals surface area (Å²) in [5.74, 6) is -2.24. The normalized spacial score (nSPS) is 11.7. The highest BCUT2D eigenvalue weighted by atomic mass is 35.5. The summed E-state index contributed by atoms with van der Waals surface area (Å²) in [6.07, 6.45) is 0.940. The summed E-state index contributed by atoms with van der Waals surface area (Å²) in [7, 11) is 0. The number of halogens is 2. The van der Waals surface area contributed by atoms with Crippen LogP contribution >= 0.6 is 11.6 Å². The summed E-state index contributed by atoms with van der Waals surface area (Å²) >= 11 is 5.79. The Kier molecular flexibility index (Phi) is 6.53. The molecule has 2 aromatic carbocycles. The first-order chi connectivity index (χ1) is 11.9. The third-order valence-corrected chi connectivity index (χ3v) is 4.08. The van der Waals surface area contributed by atoms with E-state index in [-0.39, 0.29) is 16.6 Å². The van der Waals surface area contributed by atoms with Gasteiger partial charge in [-0.15, -0.1) is 0 Å². The minimum atomic E-state index is -0.974. The fourth-order valence-electron chi connectivity index (χ4n) is 2.30. The van der Waals surface area contributed by atoms with Crippen molar-refractivity contribution >= 4 is 23.5 Å². The molecular formula is C19H19ClFNO3. The average molecular weight is 364 g/mol. The van der Waals surface area contributed by atoms with Gasteiger partial charge in [0.2, 0.25) is 0 Å². The van der Waals surface area contributed by atoms with Crippen molar-refractivity contribution in [1.29, 1.82) is 0 Å². The van der Waals surface area contributed by atoms with Crippen LogP contribution in [0.25, 0.3) is 0 Å². The molecule has 0 spiro atoms. The number of amides is 1. The lowest BCUT2D eigenvalue weighted by Gasteiger charge is -2.15. The van der Waals surface area contributed by atoms with Gasteiger partial charge in [0.05, 0.1) is 11.1 Å². The van der Waals surface area contributed by atoms with Gasteiger partial charge in [-0.25, -0.2) is 9.18 Å². The van der Waals surface area contributed by atoms with E-state index in [1.165, 1.54) is 17.7 Å². The molecule has 1 N–H and O–H groups in total. The van der Waals surface area contributed by atoms with Crippen LogP contribution in [0.4, 0.5) is 4.39 Å². The smallest absolute Gasteiger partial charge is 0.343 e. The summed E-state index contributed by atoms with van der Waals surface area (Å²) in [6, 6.07) is 11.5. The Balaban J connectivity index is 1.90. The second-order valence-corrected chi connectivity index (χ2v) is 5.96. The molecule has 0 saturated heterocycles. The van der Waals surface area contributed by atoms with E-state index in [0.29, 0.717) is 0 Å². The molecule has 0 aromatic heterocycles. The maximum absolute atomic E-state index is 13.6. The van der Waals surface area contributed by atoms with Crippen LogP contribution in [0.1, 0.15) is 41.4 Å². The molecule has 0 aliphatic rings. The number of hydrogen-bond donors (Lipinski definition) is 1. The molecule has 0 aliphatic heterocycles. The van der Waals surface area contributed by atoms with Crippen molar-refractivity contribution in [2.45, 2.75) is 26.3 Å². The van der Waals surface area contributed by atoms with Gasteiger partial charge in [-0.1, -0.05) is 48.9 Å². The highest BCUT2D eigenvalue weighted by Gasteiger charge is 2.19. The van der Waals surface area contributed by atoms with E-state index in [4.69, 9.17) is 16.3 Å². The van der Waals surface area contributed by atoms with Gasteiger partial charge in [0.1, 0.15) is 11.4 Å². The summed E-state index contributed by atoms with van der Waals surface area (Å²) in [6.45, 7) is 3.38. The molecule has 1 unspecified atom stereocenters. The zero-order valence-corrected chi connectivity index (χ0v) is 14.8. The first kappa shape index (κ1) is 18.9. The number of aryl methyl sites for hydroxylation is 1. The third kappa shape index (κ3) is 5.03. The van der Waals surface area contributed by atoms with Crippen molar-refractivity contribution in [3.05, 3.63) is 70.0 Å². The molecule has 0 bridgehead atoms. The minimum Gasteiger partial charge on any atom is -0.452 e. The Hall–Kier alpha value is -2.40. The van der Waals surface area contributed by atoms with E-state index in [2.05, 4.69) is 12.2 Å². The molecular weight excluding hydrogens is 345 g/mol. The molecule has 2 rings (SSSR count). The number of carbonyl (C=O) groups excluding carboxylic acids is 2. The van der Waals surface area contributed by atoms with E-state index >= 15 is 0 Å². The highest BCUT2D eigenvalue weighted by Crippen LogP contribution is 2.20. The first-order valence-electron chi connectivity index (χ1n) is 7.91. The van der Waals surface area contributed by atoms with Gasteiger partial charge in [0.25, 0.3) is 5.91 Å². The van der Waals surface area contributed by atoms with Crippen LogP contribution in [-0.4, -0.2) is 18.5 Å². The molecule has 1 atom stereocenters. The number of nitrogens with one attached hydrogen (secondary N) is 1. The molecule has 2 aromatic rings. The fraction of sp³-hybridized carbons (Fsp3) is 0.263. The third-order valence-electron chi connectivity index (χ3n) is 3.77. The van der Waals surface area contributed by atoms with Crippen molar-refractivity contribution < 1.29 is 18.7 Å². The highest BCUT2D eigenvalue weighted by molar-refractivity contribution is 6.33. The van der Waals surface area contributed by atoms with Crippen molar-refractivity contribution in [3.63, 3.8) is 0 Å². The van der Waals surface area contributed by atoms with Crippen LogP contribution in [0.5, 0.6) is 0 Å². The average Bonchev–Trinajstić information content (AvgIpc) is 2.60. The number of benzene rings is 2. The van der Waals surface area contributed by atoms with E-state index < -0.39 is 24.3 Å². The summed E-state index contributed by atoms with van der Waals surface area (Å²) in [5.41, 5.74) is 1.77. The first-order valence-corrected chi connectivity index (χ1v) is 8.29. The van der Waals surface area contributed by atoms with Gasteiger partial charge < -0.3 is 10.1 Å². The van der Waals surface area contributed by atoms with Gasteiger partial charge in [-0.3, -0.25) is 4.79 Å².